The topological polar surface area (TPSA) is 53.6 Å². The fourth-order valence-corrected chi connectivity index (χ4v) is 4.13. The molecule has 2 heterocycles. The Morgan fingerprint density at radius 3 is 2.70 bits per heavy atom. The van der Waals surface area contributed by atoms with E-state index < -0.39 is 0 Å². The van der Waals surface area contributed by atoms with Gasteiger partial charge in [-0.1, -0.05) is 30.0 Å². The molecule has 0 aliphatic heterocycles. The number of benzene rings is 2. The van der Waals surface area contributed by atoms with Crippen molar-refractivity contribution in [1.29, 1.82) is 5.26 Å². The molecule has 132 valence electrons. The van der Waals surface area contributed by atoms with Gasteiger partial charge in [-0.25, -0.2) is 0 Å². The summed E-state index contributed by atoms with van der Waals surface area (Å²) in [6, 6.07) is 22.3. The van der Waals surface area contributed by atoms with Gasteiger partial charge in [0.1, 0.15) is 6.07 Å². The van der Waals surface area contributed by atoms with Crippen LogP contribution in [0.25, 0.3) is 10.9 Å². The molecule has 0 unspecified atom stereocenters. The average molecular weight is 370 g/mol. The standard InChI is InChI=1S/C22H18N4S/c1-24-17-9-10-19-20(12-17)26(14-18-7-4-5-11-25-18)15-22(19)27-21-8-3-2-6-16(21)13-23/h2-12,15,24H,14H2,1H3. The molecule has 1 N–H and O–H groups in total. The lowest BCUT2D eigenvalue weighted by Crippen LogP contribution is -2.00. The molecule has 4 rings (SSSR count). The first kappa shape index (κ1) is 17.2. The number of rotatable bonds is 5. The summed E-state index contributed by atoms with van der Waals surface area (Å²) in [5.41, 5.74) is 3.92. The second kappa shape index (κ2) is 7.56. The first-order valence-electron chi connectivity index (χ1n) is 8.66. The smallest absolute Gasteiger partial charge is 0.100 e. The zero-order chi connectivity index (χ0) is 18.6. The van der Waals surface area contributed by atoms with Crippen molar-refractivity contribution in [2.24, 2.45) is 0 Å². The highest BCUT2D eigenvalue weighted by Gasteiger charge is 2.13. The van der Waals surface area contributed by atoms with Crippen molar-refractivity contribution in [2.45, 2.75) is 16.3 Å². The number of hydrogen-bond donors (Lipinski definition) is 1. The van der Waals surface area contributed by atoms with Gasteiger partial charge in [0.15, 0.2) is 0 Å². The van der Waals surface area contributed by atoms with Gasteiger partial charge in [0.2, 0.25) is 0 Å². The summed E-state index contributed by atoms with van der Waals surface area (Å²) >= 11 is 1.63. The first-order valence-corrected chi connectivity index (χ1v) is 9.47. The number of hydrogen-bond acceptors (Lipinski definition) is 4. The van der Waals surface area contributed by atoms with Crippen molar-refractivity contribution in [2.75, 3.05) is 12.4 Å². The second-order valence-electron chi connectivity index (χ2n) is 6.13. The predicted molar refractivity (Wildman–Crippen MR) is 110 cm³/mol. The summed E-state index contributed by atoms with van der Waals surface area (Å²) in [4.78, 5) is 6.56. The van der Waals surface area contributed by atoms with Crippen LogP contribution in [0.1, 0.15) is 11.3 Å². The average Bonchev–Trinajstić information content (AvgIpc) is 3.05. The molecule has 0 atom stereocenters. The molecular formula is C22H18N4S. The predicted octanol–water partition coefficient (Wildman–Crippen LogP) is 5.15. The number of fused-ring (bicyclic) bond motifs is 1. The van der Waals surface area contributed by atoms with Crippen LogP contribution in [0.15, 0.2) is 82.8 Å². The molecule has 0 fully saturated rings. The van der Waals surface area contributed by atoms with Crippen LogP contribution in [0.5, 0.6) is 0 Å². The zero-order valence-corrected chi connectivity index (χ0v) is 15.7. The van der Waals surface area contributed by atoms with Gasteiger partial charge in [-0.15, -0.1) is 0 Å². The summed E-state index contributed by atoms with van der Waals surface area (Å²) in [6.07, 6.45) is 3.97. The maximum Gasteiger partial charge on any atom is 0.100 e. The quantitative estimate of drug-likeness (QED) is 0.528. The van der Waals surface area contributed by atoms with Gasteiger partial charge in [-0.3, -0.25) is 4.98 Å². The molecule has 0 spiro atoms. The summed E-state index contributed by atoms with van der Waals surface area (Å²) in [6.45, 7) is 0.699. The first-order chi connectivity index (χ1) is 13.3. The molecule has 0 saturated heterocycles. The number of aromatic nitrogens is 2. The Labute approximate surface area is 162 Å². The molecule has 2 aromatic heterocycles. The molecule has 0 radical (unpaired) electrons. The molecule has 27 heavy (non-hydrogen) atoms. The van der Waals surface area contributed by atoms with E-state index in [0.717, 1.165) is 26.7 Å². The van der Waals surface area contributed by atoms with Crippen LogP contribution in [0.4, 0.5) is 5.69 Å². The largest absolute Gasteiger partial charge is 0.388 e. The lowest BCUT2D eigenvalue weighted by molar-refractivity contribution is 0.802. The van der Waals surface area contributed by atoms with Gasteiger partial charge in [0.05, 0.1) is 23.3 Å². The van der Waals surface area contributed by atoms with E-state index in [1.54, 1.807) is 11.8 Å². The Hall–Kier alpha value is -3.23. The number of anilines is 1. The van der Waals surface area contributed by atoms with Crippen LogP contribution in [-0.2, 0) is 6.54 Å². The Morgan fingerprint density at radius 1 is 1.07 bits per heavy atom. The van der Waals surface area contributed by atoms with Crippen molar-refractivity contribution in [3.05, 3.63) is 84.3 Å². The van der Waals surface area contributed by atoms with Crippen molar-refractivity contribution in [3.63, 3.8) is 0 Å². The molecule has 5 heteroatoms. The third-order valence-electron chi connectivity index (χ3n) is 4.42. The van der Waals surface area contributed by atoms with Crippen LogP contribution in [0.2, 0.25) is 0 Å². The number of nitrogens with zero attached hydrogens (tertiary/aromatic N) is 3. The zero-order valence-electron chi connectivity index (χ0n) is 14.9. The monoisotopic (exact) mass is 370 g/mol. The third-order valence-corrected chi connectivity index (χ3v) is 5.54. The van der Waals surface area contributed by atoms with Gasteiger partial charge >= 0.3 is 0 Å². The van der Waals surface area contributed by atoms with Crippen LogP contribution in [-0.4, -0.2) is 16.6 Å². The van der Waals surface area contributed by atoms with E-state index in [0.29, 0.717) is 12.1 Å². The number of nitriles is 1. The van der Waals surface area contributed by atoms with E-state index in [1.807, 2.05) is 55.7 Å². The van der Waals surface area contributed by atoms with E-state index in [2.05, 4.69) is 45.3 Å². The van der Waals surface area contributed by atoms with E-state index in [4.69, 9.17) is 0 Å². The third kappa shape index (κ3) is 3.53. The molecule has 4 nitrogen and oxygen atoms in total. The van der Waals surface area contributed by atoms with Crippen molar-refractivity contribution < 1.29 is 0 Å². The fourth-order valence-electron chi connectivity index (χ4n) is 3.06. The number of pyridine rings is 1. The van der Waals surface area contributed by atoms with Crippen molar-refractivity contribution in [3.8, 4) is 6.07 Å². The Kier molecular flexibility index (Phi) is 4.82. The minimum absolute atomic E-state index is 0.694. The minimum atomic E-state index is 0.694. The molecule has 0 amide bonds. The molecular weight excluding hydrogens is 352 g/mol. The molecule has 4 aromatic rings. The van der Waals surface area contributed by atoms with E-state index in [-0.39, 0.29) is 0 Å². The molecule has 0 aliphatic rings. The van der Waals surface area contributed by atoms with E-state index in [1.165, 1.54) is 5.39 Å². The normalized spacial score (nSPS) is 10.7. The van der Waals surface area contributed by atoms with Crippen molar-refractivity contribution in [1.82, 2.24) is 9.55 Å². The second-order valence-corrected chi connectivity index (χ2v) is 7.22. The summed E-state index contributed by atoms with van der Waals surface area (Å²) in [5.74, 6) is 0. The summed E-state index contributed by atoms with van der Waals surface area (Å²) < 4.78 is 2.22. The lowest BCUT2D eigenvalue weighted by Gasteiger charge is -2.06. The van der Waals surface area contributed by atoms with Gasteiger partial charge < -0.3 is 9.88 Å². The number of nitrogens with one attached hydrogen (secondary N) is 1. The maximum atomic E-state index is 9.39. The maximum absolute atomic E-state index is 9.39. The Morgan fingerprint density at radius 2 is 1.93 bits per heavy atom. The Balaban J connectivity index is 1.80. The van der Waals surface area contributed by atoms with Crippen LogP contribution in [0.3, 0.4) is 0 Å². The van der Waals surface area contributed by atoms with Gasteiger partial charge in [-0.05, 0) is 42.5 Å². The van der Waals surface area contributed by atoms with E-state index >= 15 is 0 Å². The highest BCUT2D eigenvalue weighted by atomic mass is 32.2. The fraction of sp³-hybridized carbons (Fsp3) is 0.0909. The lowest BCUT2D eigenvalue weighted by atomic mass is 10.2. The summed E-state index contributed by atoms with van der Waals surface area (Å²) in [5, 5.41) is 13.8. The van der Waals surface area contributed by atoms with Gasteiger partial charge in [-0.2, -0.15) is 5.26 Å². The molecule has 2 aromatic carbocycles. The van der Waals surface area contributed by atoms with Crippen LogP contribution < -0.4 is 5.32 Å². The molecule has 0 aliphatic carbocycles. The Bertz CT molecular complexity index is 1130. The van der Waals surface area contributed by atoms with E-state index in [9.17, 15) is 5.26 Å². The van der Waals surface area contributed by atoms with Crippen molar-refractivity contribution >= 4 is 28.4 Å². The molecule has 0 saturated carbocycles. The molecule has 0 bridgehead atoms. The highest BCUT2D eigenvalue weighted by molar-refractivity contribution is 7.99. The summed E-state index contributed by atoms with van der Waals surface area (Å²) in [7, 11) is 1.92. The SMILES string of the molecule is CNc1ccc2c(Sc3ccccc3C#N)cn(Cc3ccccn3)c2c1. The minimum Gasteiger partial charge on any atom is -0.388 e. The van der Waals surface area contributed by atoms with Gasteiger partial charge in [0.25, 0.3) is 0 Å². The van der Waals surface area contributed by atoms with Crippen LogP contribution in [0, 0.1) is 11.3 Å². The van der Waals surface area contributed by atoms with Gasteiger partial charge in [0, 0.05) is 40.3 Å². The van der Waals surface area contributed by atoms with Crippen LogP contribution >= 0.6 is 11.8 Å². The highest BCUT2D eigenvalue weighted by Crippen LogP contribution is 2.37.